The van der Waals surface area contributed by atoms with Gasteiger partial charge in [0.2, 0.25) is 0 Å². The largest absolute Gasteiger partial charge is 0.435 e. The highest BCUT2D eigenvalue weighted by Crippen LogP contribution is 2.32. The number of piperazine rings is 1. The molecule has 3 aromatic rings. The fraction of sp³-hybridized carbons (Fsp3) is 0.318. The van der Waals surface area contributed by atoms with Gasteiger partial charge in [0.1, 0.15) is 11.6 Å². The Morgan fingerprint density at radius 1 is 0.882 bits per heavy atom. The van der Waals surface area contributed by atoms with Crippen molar-refractivity contribution >= 4 is 11.6 Å². The summed E-state index contributed by atoms with van der Waals surface area (Å²) >= 11 is 0. The Morgan fingerprint density at radius 3 is 2.00 bits per heavy atom. The van der Waals surface area contributed by atoms with Gasteiger partial charge in [-0.2, -0.15) is 13.2 Å². The Kier molecular flexibility index (Phi) is 6.77. The van der Waals surface area contributed by atoms with E-state index in [1.807, 2.05) is 0 Å². The Bertz CT molecular complexity index is 1120. The monoisotopic (exact) mass is 480 g/mol. The molecule has 0 radical (unpaired) electrons. The smallest absolute Gasteiger partial charge is 0.369 e. The van der Waals surface area contributed by atoms with Crippen molar-refractivity contribution in [3.63, 3.8) is 0 Å². The molecule has 1 aliphatic heterocycles. The third-order valence-corrected chi connectivity index (χ3v) is 5.50. The number of aromatic nitrogens is 3. The minimum Gasteiger partial charge on any atom is -0.369 e. The number of hydrogen-bond donors (Lipinski definition) is 1. The van der Waals surface area contributed by atoms with Crippen molar-refractivity contribution in [3.8, 4) is 5.69 Å². The average Bonchev–Trinajstić information content (AvgIpc) is 3.27. The van der Waals surface area contributed by atoms with Crippen molar-refractivity contribution < 1.29 is 26.7 Å². The van der Waals surface area contributed by atoms with Crippen molar-refractivity contribution in [3.05, 3.63) is 71.6 Å². The molecule has 180 valence electrons. The molecule has 0 bridgehead atoms. The molecule has 1 aromatic heterocycles. The van der Waals surface area contributed by atoms with Crippen LogP contribution in [-0.2, 0) is 6.18 Å². The average molecular weight is 480 g/mol. The lowest BCUT2D eigenvalue weighted by Crippen LogP contribution is -2.48. The lowest BCUT2D eigenvalue weighted by molar-refractivity contribution is -0.143. The van der Waals surface area contributed by atoms with Crippen molar-refractivity contribution in [2.75, 3.05) is 44.2 Å². The highest BCUT2D eigenvalue weighted by atomic mass is 19.4. The third kappa shape index (κ3) is 5.33. The van der Waals surface area contributed by atoms with Crippen LogP contribution in [0.15, 0.2) is 48.5 Å². The van der Waals surface area contributed by atoms with E-state index in [1.54, 1.807) is 12.1 Å². The second-order valence-corrected chi connectivity index (χ2v) is 7.73. The fourth-order valence-corrected chi connectivity index (χ4v) is 3.75. The Balaban J connectivity index is 1.34. The number of hydrogen-bond acceptors (Lipinski definition) is 5. The molecule has 2 heterocycles. The lowest BCUT2D eigenvalue weighted by Gasteiger charge is -2.36. The second kappa shape index (κ2) is 9.75. The fourth-order valence-electron chi connectivity index (χ4n) is 3.75. The number of carbonyl (C=O) groups is 1. The van der Waals surface area contributed by atoms with Crippen molar-refractivity contribution in [1.82, 2.24) is 25.2 Å². The van der Waals surface area contributed by atoms with Gasteiger partial charge in [-0.15, -0.1) is 5.10 Å². The van der Waals surface area contributed by atoms with E-state index in [-0.39, 0.29) is 18.0 Å². The van der Waals surface area contributed by atoms with Gasteiger partial charge in [-0.3, -0.25) is 9.69 Å². The van der Waals surface area contributed by atoms with E-state index < -0.39 is 29.3 Å². The molecule has 0 atom stereocenters. The van der Waals surface area contributed by atoms with E-state index in [4.69, 9.17) is 0 Å². The second-order valence-electron chi connectivity index (χ2n) is 7.73. The van der Waals surface area contributed by atoms with Crippen LogP contribution in [0, 0.1) is 11.6 Å². The molecule has 0 saturated carbocycles. The maximum atomic E-state index is 13.7. The molecule has 1 amide bonds. The molecule has 2 aromatic carbocycles. The highest BCUT2D eigenvalue weighted by molar-refractivity contribution is 5.93. The van der Waals surface area contributed by atoms with E-state index in [0.29, 0.717) is 37.4 Å². The first kappa shape index (κ1) is 23.6. The molecule has 12 heteroatoms. The van der Waals surface area contributed by atoms with E-state index >= 15 is 0 Å². The third-order valence-electron chi connectivity index (χ3n) is 5.50. The van der Waals surface area contributed by atoms with Gasteiger partial charge < -0.3 is 10.2 Å². The molecule has 1 aliphatic rings. The van der Waals surface area contributed by atoms with Crippen LogP contribution in [0.3, 0.4) is 0 Å². The van der Waals surface area contributed by atoms with Gasteiger partial charge in [0.25, 0.3) is 5.91 Å². The predicted molar refractivity (Wildman–Crippen MR) is 114 cm³/mol. The summed E-state index contributed by atoms with van der Waals surface area (Å²) in [5.41, 5.74) is -1.33. The van der Waals surface area contributed by atoms with Crippen molar-refractivity contribution in [2.24, 2.45) is 0 Å². The van der Waals surface area contributed by atoms with Crippen LogP contribution in [0.1, 0.15) is 16.2 Å². The molecule has 1 N–H and O–H groups in total. The number of halogens is 5. The lowest BCUT2D eigenvalue weighted by atomic mass is 10.2. The maximum absolute atomic E-state index is 13.7. The first-order chi connectivity index (χ1) is 16.2. The normalized spacial score (nSPS) is 14.9. The quantitative estimate of drug-likeness (QED) is 0.550. The summed E-state index contributed by atoms with van der Waals surface area (Å²) < 4.78 is 67.8. The number of rotatable bonds is 6. The van der Waals surface area contributed by atoms with Gasteiger partial charge in [0, 0.05) is 45.0 Å². The molecule has 0 spiro atoms. The summed E-state index contributed by atoms with van der Waals surface area (Å²) in [6.45, 7) is 3.32. The van der Waals surface area contributed by atoms with Gasteiger partial charge in [-0.25, -0.2) is 13.5 Å². The Hall–Kier alpha value is -3.54. The SMILES string of the molecule is O=C(NCCN1CCN(c2ccc(F)cc2)CC1)c1nnn(-c2ccc(F)cc2)c1C(F)(F)F. The summed E-state index contributed by atoms with van der Waals surface area (Å²) in [6, 6.07) is 10.4. The summed E-state index contributed by atoms with van der Waals surface area (Å²) in [5, 5.41) is 9.37. The van der Waals surface area contributed by atoms with Crippen LogP contribution >= 0.6 is 0 Å². The van der Waals surface area contributed by atoms with Crippen LogP contribution in [0.25, 0.3) is 5.69 Å². The number of carbonyl (C=O) groups excluding carboxylic acids is 1. The molecule has 34 heavy (non-hydrogen) atoms. The summed E-state index contributed by atoms with van der Waals surface area (Å²) in [6.07, 6.45) is -4.90. The Morgan fingerprint density at radius 2 is 1.44 bits per heavy atom. The first-order valence-electron chi connectivity index (χ1n) is 10.5. The molecular formula is C22H21F5N6O. The first-order valence-corrected chi connectivity index (χ1v) is 10.5. The van der Waals surface area contributed by atoms with Crippen molar-refractivity contribution in [1.29, 1.82) is 0 Å². The number of alkyl halides is 3. The highest BCUT2D eigenvalue weighted by Gasteiger charge is 2.42. The number of amides is 1. The van der Waals surface area contributed by atoms with Gasteiger partial charge >= 0.3 is 6.18 Å². The van der Waals surface area contributed by atoms with Crippen LogP contribution in [0.2, 0.25) is 0 Å². The molecule has 4 rings (SSSR count). The summed E-state index contributed by atoms with van der Waals surface area (Å²) in [4.78, 5) is 16.7. The Labute approximate surface area is 191 Å². The van der Waals surface area contributed by atoms with Gasteiger partial charge in [-0.05, 0) is 48.5 Å². The van der Waals surface area contributed by atoms with E-state index in [9.17, 15) is 26.7 Å². The predicted octanol–water partition coefficient (Wildman–Crippen LogP) is 3.12. The number of anilines is 1. The molecule has 1 fully saturated rings. The van der Waals surface area contributed by atoms with Crippen LogP contribution in [0.4, 0.5) is 27.6 Å². The number of nitrogens with one attached hydrogen (secondary N) is 1. The van der Waals surface area contributed by atoms with Gasteiger partial charge in [0.15, 0.2) is 11.4 Å². The molecule has 0 aliphatic carbocycles. The van der Waals surface area contributed by atoms with Crippen LogP contribution in [-0.4, -0.2) is 65.1 Å². The maximum Gasteiger partial charge on any atom is 0.435 e. The molecule has 7 nitrogen and oxygen atoms in total. The van der Waals surface area contributed by atoms with Crippen LogP contribution in [0.5, 0.6) is 0 Å². The molecular weight excluding hydrogens is 459 g/mol. The number of benzene rings is 2. The standard InChI is InChI=1S/C22H21F5N6O/c23-15-1-5-17(6-2-15)32-13-11-31(12-14-32)10-9-28-21(34)19-20(22(25,26)27)33(30-29-19)18-7-3-16(24)4-8-18/h1-8H,9-14H2,(H,28,34). The van der Waals surface area contributed by atoms with Gasteiger partial charge in [-0.1, -0.05) is 5.21 Å². The van der Waals surface area contributed by atoms with E-state index in [1.165, 1.54) is 12.1 Å². The van der Waals surface area contributed by atoms with Crippen molar-refractivity contribution in [2.45, 2.75) is 6.18 Å². The molecule has 1 saturated heterocycles. The minimum atomic E-state index is -4.90. The van der Waals surface area contributed by atoms with Crippen LogP contribution < -0.4 is 10.2 Å². The molecule has 0 unspecified atom stereocenters. The topological polar surface area (TPSA) is 66.3 Å². The minimum absolute atomic E-state index is 0.0701. The summed E-state index contributed by atoms with van der Waals surface area (Å²) in [5.74, 6) is -1.91. The van der Waals surface area contributed by atoms with E-state index in [2.05, 4.69) is 25.4 Å². The zero-order valence-corrected chi connectivity index (χ0v) is 17.9. The number of nitrogens with zero attached hydrogens (tertiary/aromatic N) is 5. The zero-order chi connectivity index (χ0) is 24.3. The zero-order valence-electron chi connectivity index (χ0n) is 17.9. The van der Waals surface area contributed by atoms with Gasteiger partial charge in [0.05, 0.1) is 5.69 Å². The van der Waals surface area contributed by atoms with E-state index in [0.717, 1.165) is 30.0 Å². The summed E-state index contributed by atoms with van der Waals surface area (Å²) in [7, 11) is 0.